The summed E-state index contributed by atoms with van der Waals surface area (Å²) in [6.45, 7) is 12.7. The Kier molecular flexibility index (Phi) is 3.64. The van der Waals surface area contributed by atoms with Crippen molar-refractivity contribution in [1.29, 1.82) is 0 Å². The molecule has 2 heteroatoms. The van der Waals surface area contributed by atoms with Crippen molar-refractivity contribution in [2.24, 2.45) is 34.0 Å². The number of carbonyl (C=O) groups is 1. The van der Waals surface area contributed by atoms with Crippen LogP contribution in [-0.4, -0.2) is 17.0 Å². The zero-order valence-electron chi connectivity index (χ0n) is 14.7. The number of Topliss-reactive ketones (excluding diaryl/α,β-unsaturated/α-hetero) is 1. The average molecular weight is 304 g/mol. The van der Waals surface area contributed by atoms with Gasteiger partial charge in [0.1, 0.15) is 5.78 Å². The van der Waals surface area contributed by atoms with Gasteiger partial charge in [-0.25, -0.2) is 0 Å². The van der Waals surface area contributed by atoms with Crippen LogP contribution in [0.5, 0.6) is 0 Å². The van der Waals surface area contributed by atoms with Crippen molar-refractivity contribution in [3.8, 4) is 0 Å². The van der Waals surface area contributed by atoms with E-state index in [1.807, 2.05) is 13.0 Å². The Balaban J connectivity index is 2.17. The molecule has 0 aliphatic heterocycles. The van der Waals surface area contributed by atoms with E-state index in [2.05, 4.69) is 27.4 Å². The number of hydrogen-bond donors (Lipinski definition) is 1. The second kappa shape index (κ2) is 4.93. The molecule has 0 spiro atoms. The van der Waals surface area contributed by atoms with Gasteiger partial charge in [0.25, 0.3) is 0 Å². The summed E-state index contributed by atoms with van der Waals surface area (Å²) in [5.74, 6) is 1.51. The molecule has 0 amide bonds. The lowest BCUT2D eigenvalue weighted by molar-refractivity contribution is -0.168. The topological polar surface area (TPSA) is 37.3 Å². The van der Waals surface area contributed by atoms with Crippen molar-refractivity contribution in [2.45, 2.75) is 72.3 Å². The van der Waals surface area contributed by atoms with E-state index < -0.39 is 11.5 Å². The molecule has 2 nitrogen and oxygen atoms in total. The third-order valence-corrected chi connectivity index (χ3v) is 8.28. The monoisotopic (exact) mass is 304 g/mol. The van der Waals surface area contributed by atoms with Crippen LogP contribution in [0.2, 0.25) is 0 Å². The van der Waals surface area contributed by atoms with E-state index in [4.69, 9.17) is 0 Å². The van der Waals surface area contributed by atoms with Gasteiger partial charge in [0.05, 0.1) is 6.10 Å². The summed E-state index contributed by atoms with van der Waals surface area (Å²) in [6.07, 6.45) is 7.66. The van der Waals surface area contributed by atoms with E-state index >= 15 is 0 Å². The van der Waals surface area contributed by atoms with Crippen LogP contribution in [0.15, 0.2) is 12.7 Å². The zero-order chi connectivity index (χ0) is 16.3. The highest BCUT2D eigenvalue weighted by Gasteiger charge is 2.64. The predicted molar refractivity (Wildman–Crippen MR) is 89.4 cm³/mol. The predicted octanol–water partition coefficient (Wildman–Crippen LogP) is 4.37. The van der Waals surface area contributed by atoms with Crippen LogP contribution in [0.4, 0.5) is 0 Å². The van der Waals surface area contributed by atoms with Gasteiger partial charge in [-0.15, -0.1) is 6.58 Å². The summed E-state index contributed by atoms with van der Waals surface area (Å²) in [6, 6.07) is 0. The smallest absolute Gasteiger partial charge is 0.140 e. The molecular weight excluding hydrogens is 272 g/mol. The molecule has 3 saturated carbocycles. The van der Waals surface area contributed by atoms with Crippen LogP contribution in [0.3, 0.4) is 0 Å². The lowest BCUT2D eigenvalue weighted by Gasteiger charge is -2.59. The van der Waals surface area contributed by atoms with E-state index in [1.54, 1.807) is 0 Å². The highest BCUT2D eigenvalue weighted by Crippen LogP contribution is 2.67. The largest absolute Gasteiger partial charge is 0.392 e. The number of aliphatic hydroxyl groups excluding tert-OH is 1. The molecule has 3 rings (SSSR count). The molecule has 3 aliphatic carbocycles. The summed E-state index contributed by atoms with van der Waals surface area (Å²) >= 11 is 0. The van der Waals surface area contributed by atoms with Gasteiger partial charge < -0.3 is 5.11 Å². The summed E-state index contributed by atoms with van der Waals surface area (Å²) in [5.41, 5.74) is -0.552. The molecule has 3 aliphatic rings. The lowest BCUT2D eigenvalue weighted by Crippen LogP contribution is -2.59. The first kappa shape index (κ1) is 16.2. The van der Waals surface area contributed by atoms with E-state index in [0.717, 1.165) is 12.8 Å². The Morgan fingerprint density at radius 3 is 2.55 bits per heavy atom. The Bertz CT molecular complexity index is 498. The fraction of sp³-hybridized carbons (Fsp3) is 0.850. The van der Waals surface area contributed by atoms with Crippen LogP contribution in [-0.2, 0) is 4.79 Å². The second-order valence-corrected chi connectivity index (χ2v) is 8.94. The Morgan fingerprint density at radius 2 is 1.91 bits per heavy atom. The van der Waals surface area contributed by atoms with Crippen LogP contribution in [0.25, 0.3) is 0 Å². The van der Waals surface area contributed by atoms with E-state index in [1.165, 1.54) is 19.3 Å². The maximum absolute atomic E-state index is 13.3. The van der Waals surface area contributed by atoms with Crippen LogP contribution in [0.1, 0.15) is 66.2 Å². The van der Waals surface area contributed by atoms with Crippen molar-refractivity contribution >= 4 is 5.78 Å². The standard InChI is InChI=1S/C20H32O2/c1-6-18(4)12-16(21)19(5)13(2)9-11-20(14(3)17(18)22)10-7-8-15(19)20/h6,13-15,17,22H,1,7-12H2,2-5H3. The highest BCUT2D eigenvalue weighted by atomic mass is 16.3. The van der Waals surface area contributed by atoms with Gasteiger partial charge in [0.15, 0.2) is 0 Å². The van der Waals surface area contributed by atoms with Gasteiger partial charge in [-0.05, 0) is 48.9 Å². The summed E-state index contributed by atoms with van der Waals surface area (Å²) in [7, 11) is 0. The quantitative estimate of drug-likeness (QED) is 0.730. The summed E-state index contributed by atoms with van der Waals surface area (Å²) in [5, 5.41) is 11.1. The molecule has 124 valence electrons. The number of hydrogen-bond acceptors (Lipinski definition) is 2. The molecule has 7 atom stereocenters. The molecular formula is C20H32O2. The molecule has 22 heavy (non-hydrogen) atoms. The Labute approximate surface area is 135 Å². The van der Waals surface area contributed by atoms with Crippen molar-refractivity contribution in [2.75, 3.05) is 0 Å². The molecule has 1 N–H and O–H groups in total. The molecule has 7 unspecified atom stereocenters. The molecule has 0 aromatic rings. The first-order chi connectivity index (χ1) is 10.2. The average Bonchev–Trinajstić information content (AvgIpc) is 2.94. The maximum Gasteiger partial charge on any atom is 0.140 e. The Hall–Kier alpha value is -0.630. The number of carbonyl (C=O) groups excluding carboxylic acids is 1. The molecule has 0 aromatic carbocycles. The molecule has 0 heterocycles. The van der Waals surface area contributed by atoms with E-state index in [9.17, 15) is 9.90 Å². The Morgan fingerprint density at radius 1 is 1.23 bits per heavy atom. The molecule has 0 saturated heterocycles. The zero-order valence-corrected chi connectivity index (χ0v) is 14.7. The third kappa shape index (κ3) is 1.79. The van der Waals surface area contributed by atoms with E-state index in [0.29, 0.717) is 24.0 Å². The molecule has 0 radical (unpaired) electrons. The number of ketones is 1. The SMILES string of the molecule is C=CC1(C)CC(=O)C2(C)C(C)CCC3(CCCC32)C(C)C1O. The minimum absolute atomic E-state index is 0.154. The van der Waals surface area contributed by atoms with Crippen LogP contribution in [0, 0.1) is 34.0 Å². The summed E-state index contributed by atoms with van der Waals surface area (Å²) < 4.78 is 0. The number of aliphatic hydroxyl groups is 1. The van der Waals surface area contributed by atoms with Crippen molar-refractivity contribution in [3.63, 3.8) is 0 Å². The first-order valence-electron chi connectivity index (χ1n) is 9.07. The highest BCUT2D eigenvalue weighted by molar-refractivity contribution is 5.86. The second-order valence-electron chi connectivity index (χ2n) is 8.94. The lowest BCUT2D eigenvalue weighted by atomic mass is 9.44. The number of rotatable bonds is 1. The normalized spacial score (nSPS) is 55.2. The van der Waals surface area contributed by atoms with Crippen LogP contribution < -0.4 is 0 Å². The van der Waals surface area contributed by atoms with Gasteiger partial charge in [0.2, 0.25) is 0 Å². The van der Waals surface area contributed by atoms with Crippen LogP contribution >= 0.6 is 0 Å². The summed E-state index contributed by atoms with van der Waals surface area (Å²) in [4.78, 5) is 13.3. The van der Waals surface area contributed by atoms with Gasteiger partial charge in [0, 0.05) is 17.3 Å². The maximum atomic E-state index is 13.3. The molecule has 2 bridgehead atoms. The van der Waals surface area contributed by atoms with Gasteiger partial charge in [-0.3, -0.25) is 4.79 Å². The third-order valence-electron chi connectivity index (χ3n) is 8.28. The first-order valence-corrected chi connectivity index (χ1v) is 9.07. The fourth-order valence-electron chi connectivity index (χ4n) is 6.38. The molecule has 0 aromatic heterocycles. The molecule has 3 fully saturated rings. The fourth-order valence-corrected chi connectivity index (χ4v) is 6.38. The minimum Gasteiger partial charge on any atom is -0.392 e. The van der Waals surface area contributed by atoms with Crippen molar-refractivity contribution < 1.29 is 9.90 Å². The minimum atomic E-state index is -0.491. The van der Waals surface area contributed by atoms with Gasteiger partial charge >= 0.3 is 0 Å². The van der Waals surface area contributed by atoms with E-state index in [-0.39, 0.29) is 16.7 Å². The van der Waals surface area contributed by atoms with Gasteiger partial charge in [-0.2, -0.15) is 0 Å². The van der Waals surface area contributed by atoms with Gasteiger partial charge in [-0.1, -0.05) is 40.2 Å². The van der Waals surface area contributed by atoms with Crippen molar-refractivity contribution in [1.82, 2.24) is 0 Å². The van der Waals surface area contributed by atoms with Crippen molar-refractivity contribution in [3.05, 3.63) is 12.7 Å².